The Labute approximate surface area is 206 Å². The van der Waals surface area contributed by atoms with E-state index in [2.05, 4.69) is 89.9 Å². The largest absolute Gasteiger partial charge is 0.351 e. The van der Waals surface area contributed by atoms with Gasteiger partial charge in [-0.3, -0.25) is 4.98 Å². The fourth-order valence-corrected chi connectivity index (χ4v) is 5.31. The van der Waals surface area contributed by atoms with Gasteiger partial charge in [0.05, 0.1) is 17.8 Å². The molecule has 6 heteroatoms. The molecular weight excluding hydrogens is 438 g/mol. The van der Waals surface area contributed by atoms with Crippen molar-refractivity contribution >= 4 is 23.0 Å². The van der Waals surface area contributed by atoms with Gasteiger partial charge >= 0.3 is 0 Å². The van der Waals surface area contributed by atoms with Crippen molar-refractivity contribution in [1.82, 2.24) is 19.9 Å². The van der Waals surface area contributed by atoms with Crippen molar-refractivity contribution in [3.05, 3.63) is 107 Å². The van der Waals surface area contributed by atoms with Crippen LogP contribution in [0, 0.1) is 20.8 Å². The van der Waals surface area contributed by atoms with Crippen molar-refractivity contribution < 1.29 is 0 Å². The van der Waals surface area contributed by atoms with Crippen LogP contribution >= 0.6 is 12.2 Å². The first-order valence-corrected chi connectivity index (χ1v) is 12.1. The van der Waals surface area contributed by atoms with Crippen molar-refractivity contribution in [2.45, 2.75) is 46.2 Å². The van der Waals surface area contributed by atoms with Crippen LogP contribution in [-0.2, 0) is 6.42 Å². The molecule has 1 aromatic carbocycles. The van der Waals surface area contributed by atoms with E-state index >= 15 is 0 Å². The molecule has 1 aliphatic rings. The fourth-order valence-electron chi connectivity index (χ4n) is 4.97. The third-order valence-corrected chi connectivity index (χ3v) is 7.02. The van der Waals surface area contributed by atoms with E-state index in [4.69, 9.17) is 17.2 Å². The Kier molecular flexibility index (Phi) is 5.92. The number of nitrogens with zero attached hydrogens (tertiary/aromatic N) is 4. The maximum absolute atomic E-state index is 5.90. The first kappa shape index (κ1) is 22.3. The molecule has 0 radical (unpaired) electrons. The normalized spacial score (nSPS) is 17.8. The zero-order valence-electron chi connectivity index (χ0n) is 20.0. The zero-order chi connectivity index (χ0) is 23.8. The number of anilines is 1. The Balaban J connectivity index is 1.68. The van der Waals surface area contributed by atoms with E-state index in [0.29, 0.717) is 5.11 Å². The van der Waals surface area contributed by atoms with E-state index in [1.54, 1.807) is 0 Å². The molecule has 2 atom stereocenters. The van der Waals surface area contributed by atoms with Crippen LogP contribution < -0.4 is 10.2 Å². The summed E-state index contributed by atoms with van der Waals surface area (Å²) in [6.45, 7) is 8.59. The summed E-state index contributed by atoms with van der Waals surface area (Å²) >= 11 is 5.90. The van der Waals surface area contributed by atoms with Crippen LogP contribution in [0.3, 0.4) is 0 Å². The van der Waals surface area contributed by atoms with Gasteiger partial charge in [0.25, 0.3) is 0 Å². The summed E-state index contributed by atoms with van der Waals surface area (Å²) in [5.74, 6) is 0.963. The van der Waals surface area contributed by atoms with Gasteiger partial charge in [-0.25, -0.2) is 4.98 Å². The minimum atomic E-state index is -0.0710. The number of hydrogen-bond acceptors (Lipinski definition) is 3. The lowest BCUT2D eigenvalue weighted by molar-refractivity contribution is 0.565. The Bertz CT molecular complexity index is 1330. The van der Waals surface area contributed by atoms with Crippen molar-refractivity contribution in [1.29, 1.82) is 0 Å². The average Bonchev–Trinajstić information content (AvgIpc) is 3.35. The lowest BCUT2D eigenvalue weighted by Crippen LogP contribution is -2.29. The first-order chi connectivity index (χ1) is 16.5. The van der Waals surface area contributed by atoms with Gasteiger partial charge in [0, 0.05) is 29.5 Å². The molecular formula is C28H29N5S. The van der Waals surface area contributed by atoms with E-state index in [-0.39, 0.29) is 12.1 Å². The van der Waals surface area contributed by atoms with Gasteiger partial charge in [0.2, 0.25) is 0 Å². The Morgan fingerprint density at radius 3 is 2.38 bits per heavy atom. The van der Waals surface area contributed by atoms with E-state index in [0.717, 1.165) is 40.6 Å². The lowest BCUT2D eigenvalue weighted by atomic mass is 9.96. The lowest BCUT2D eigenvalue weighted by Gasteiger charge is -2.28. The number of rotatable bonds is 5. The van der Waals surface area contributed by atoms with E-state index in [9.17, 15) is 0 Å². The molecule has 0 amide bonds. The summed E-state index contributed by atoms with van der Waals surface area (Å²) in [4.78, 5) is 11.6. The number of benzene rings is 1. The molecule has 1 aliphatic heterocycles. The Morgan fingerprint density at radius 2 is 1.71 bits per heavy atom. The second kappa shape index (κ2) is 9.03. The fraction of sp³-hybridized carbons (Fsp3) is 0.250. The average molecular weight is 468 g/mol. The Morgan fingerprint density at radius 1 is 0.941 bits per heavy atom. The standard InChI is InChI=1S/C28H29N5S/c1-5-21-11-13-22(14-12-21)33-26(25(31-28(33)34)24-10-6-7-15-29-24)23-17-19(3)32(20(23)4)27-18(2)9-8-16-30-27/h6-17,25-26H,5H2,1-4H3,(H,31,34)/t25-,26+/m0/s1. The topological polar surface area (TPSA) is 46.0 Å². The molecule has 1 N–H and O–H groups in total. The van der Waals surface area contributed by atoms with Gasteiger partial charge in [-0.1, -0.05) is 31.2 Å². The molecule has 0 saturated carbocycles. The molecule has 172 valence electrons. The molecule has 1 saturated heterocycles. The molecule has 4 aromatic rings. The molecule has 0 bridgehead atoms. The predicted molar refractivity (Wildman–Crippen MR) is 142 cm³/mol. The Hall–Kier alpha value is -3.51. The van der Waals surface area contributed by atoms with Crippen molar-refractivity contribution in [2.24, 2.45) is 0 Å². The van der Waals surface area contributed by atoms with Gasteiger partial charge in [-0.15, -0.1) is 0 Å². The summed E-state index contributed by atoms with van der Waals surface area (Å²) in [6, 6.07) is 21.0. The number of hydrogen-bond donors (Lipinski definition) is 1. The number of pyridine rings is 2. The highest BCUT2D eigenvalue weighted by Gasteiger charge is 2.42. The number of nitrogens with one attached hydrogen (secondary N) is 1. The molecule has 5 rings (SSSR count). The van der Waals surface area contributed by atoms with Gasteiger partial charge in [0.15, 0.2) is 5.11 Å². The van der Waals surface area contributed by atoms with Gasteiger partial charge < -0.3 is 14.8 Å². The third-order valence-electron chi connectivity index (χ3n) is 6.70. The minimum absolute atomic E-state index is 0.0427. The molecule has 0 unspecified atom stereocenters. The number of aryl methyl sites for hydroxylation is 3. The smallest absolute Gasteiger partial charge is 0.174 e. The zero-order valence-corrected chi connectivity index (χ0v) is 20.8. The van der Waals surface area contributed by atoms with Crippen LogP contribution in [0.25, 0.3) is 5.82 Å². The van der Waals surface area contributed by atoms with Crippen molar-refractivity contribution in [2.75, 3.05) is 4.90 Å². The summed E-state index contributed by atoms with van der Waals surface area (Å²) in [5, 5.41) is 4.28. The first-order valence-electron chi connectivity index (χ1n) is 11.7. The summed E-state index contributed by atoms with van der Waals surface area (Å²) in [5.41, 5.74) is 8.02. The van der Waals surface area contributed by atoms with E-state index < -0.39 is 0 Å². The molecule has 3 aromatic heterocycles. The highest BCUT2D eigenvalue weighted by molar-refractivity contribution is 7.80. The molecule has 5 nitrogen and oxygen atoms in total. The minimum Gasteiger partial charge on any atom is -0.351 e. The summed E-state index contributed by atoms with van der Waals surface area (Å²) in [7, 11) is 0. The molecule has 4 heterocycles. The van der Waals surface area contributed by atoms with Gasteiger partial charge in [0.1, 0.15) is 5.82 Å². The molecule has 0 aliphatic carbocycles. The SMILES string of the molecule is CCc1ccc(N2C(=S)N[C@@H](c3ccccn3)[C@H]2c2cc(C)n(-c3ncccc3C)c2C)cc1. The molecule has 1 fully saturated rings. The second-order valence-electron chi connectivity index (χ2n) is 8.82. The number of thiocarbonyl (C=S) groups is 1. The van der Waals surface area contributed by atoms with Crippen molar-refractivity contribution in [3.8, 4) is 5.82 Å². The second-order valence-corrected chi connectivity index (χ2v) is 9.21. The third kappa shape index (κ3) is 3.78. The maximum Gasteiger partial charge on any atom is 0.174 e. The van der Waals surface area contributed by atoms with Crippen molar-refractivity contribution in [3.63, 3.8) is 0 Å². The quantitative estimate of drug-likeness (QED) is 0.369. The molecule has 34 heavy (non-hydrogen) atoms. The van der Waals surface area contributed by atoms with Crippen LogP contribution in [0.4, 0.5) is 5.69 Å². The van der Waals surface area contributed by atoms with Gasteiger partial charge in [-0.2, -0.15) is 0 Å². The summed E-state index contributed by atoms with van der Waals surface area (Å²) < 4.78 is 2.25. The monoisotopic (exact) mass is 467 g/mol. The van der Waals surface area contributed by atoms with Crippen LogP contribution in [0.5, 0.6) is 0 Å². The van der Waals surface area contributed by atoms with Crippen LogP contribution in [-0.4, -0.2) is 19.6 Å². The predicted octanol–water partition coefficient (Wildman–Crippen LogP) is 5.93. The van der Waals surface area contributed by atoms with Crippen LogP contribution in [0.15, 0.2) is 73.1 Å². The highest BCUT2D eigenvalue weighted by atomic mass is 32.1. The maximum atomic E-state index is 5.90. The van der Waals surface area contributed by atoms with E-state index in [1.165, 1.54) is 11.1 Å². The van der Waals surface area contributed by atoms with Crippen LogP contribution in [0.1, 0.15) is 52.8 Å². The molecule has 0 spiro atoms. The van der Waals surface area contributed by atoms with E-state index in [1.807, 2.05) is 30.6 Å². The summed E-state index contributed by atoms with van der Waals surface area (Å²) in [6.07, 6.45) is 4.70. The highest BCUT2D eigenvalue weighted by Crippen LogP contribution is 2.43. The van der Waals surface area contributed by atoms with Crippen LogP contribution in [0.2, 0.25) is 0 Å². The number of aromatic nitrogens is 3. The van der Waals surface area contributed by atoms with Gasteiger partial charge in [-0.05, 0) is 92.5 Å².